The van der Waals surface area contributed by atoms with Crippen LogP contribution in [0, 0.1) is 17.8 Å². The second-order valence-electron chi connectivity index (χ2n) is 4.59. The van der Waals surface area contributed by atoms with Gasteiger partial charge in [0.05, 0.1) is 11.8 Å². The van der Waals surface area contributed by atoms with E-state index in [0.29, 0.717) is 13.0 Å². The highest BCUT2D eigenvalue weighted by atomic mass is 16.4. The Kier molecular flexibility index (Phi) is 2.93. The Morgan fingerprint density at radius 3 is 2.47 bits per heavy atom. The molecule has 2 aliphatic rings. The molecule has 0 bridgehead atoms. The summed E-state index contributed by atoms with van der Waals surface area (Å²) in [6, 6.07) is 0. The van der Waals surface area contributed by atoms with E-state index in [1.165, 1.54) is 0 Å². The highest BCUT2D eigenvalue weighted by molar-refractivity contribution is 5.86. The molecule has 1 heterocycles. The average Bonchev–Trinajstić information content (AvgIpc) is 2.79. The molecule has 15 heavy (non-hydrogen) atoms. The normalized spacial score (nSPS) is 29.1. The Morgan fingerprint density at radius 2 is 2.00 bits per heavy atom. The second-order valence-corrected chi connectivity index (χ2v) is 4.59. The van der Waals surface area contributed by atoms with Crippen LogP contribution in [0.15, 0.2) is 0 Å². The maximum absolute atomic E-state index is 11.5. The van der Waals surface area contributed by atoms with Crippen LogP contribution in [0.5, 0.6) is 0 Å². The largest absolute Gasteiger partial charge is 0.481 e. The van der Waals surface area contributed by atoms with E-state index in [2.05, 4.69) is 5.32 Å². The molecule has 2 atom stereocenters. The minimum Gasteiger partial charge on any atom is -0.481 e. The summed E-state index contributed by atoms with van der Waals surface area (Å²) >= 11 is 0. The molecule has 1 aliphatic carbocycles. The standard InChI is InChI=1S/C11H17NO3/c13-10-8(5-6-12-10)9(11(14)15)7-3-1-2-4-7/h7-9H,1-6H2,(H,12,13)(H,14,15). The van der Waals surface area contributed by atoms with E-state index in [-0.39, 0.29) is 17.7 Å². The van der Waals surface area contributed by atoms with Crippen molar-refractivity contribution < 1.29 is 14.7 Å². The van der Waals surface area contributed by atoms with Gasteiger partial charge in [0.2, 0.25) is 5.91 Å². The average molecular weight is 211 g/mol. The fourth-order valence-corrected chi connectivity index (χ4v) is 2.97. The van der Waals surface area contributed by atoms with Crippen molar-refractivity contribution in [3.63, 3.8) is 0 Å². The molecular weight excluding hydrogens is 194 g/mol. The number of carboxylic acids is 1. The van der Waals surface area contributed by atoms with Crippen LogP contribution in [-0.4, -0.2) is 23.5 Å². The van der Waals surface area contributed by atoms with Crippen LogP contribution in [0.25, 0.3) is 0 Å². The first-order valence-corrected chi connectivity index (χ1v) is 5.70. The molecule has 2 fully saturated rings. The molecule has 0 radical (unpaired) electrons. The van der Waals surface area contributed by atoms with E-state index in [1.807, 2.05) is 0 Å². The summed E-state index contributed by atoms with van der Waals surface area (Å²) in [6.07, 6.45) is 4.86. The minimum atomic E-state index is -0.788. The molecular formula is C11H17NO3. The number of hydrogen-bond donors (Lipinski definition) is 2. The summed E-state index contributed by atoms with van der Waals surface area (Å²) in [7, 11) is 0. The first kappa shape index (κ1) is 10.5. The quantitative estimate of drug-likeness (QED) is 0.732. The van der Waals surface area contributed by atoms with Crippen LogP contribution in [0.4, 0.5) is 0 Å². The molecule has 1 amide bonds. The van der Waals surface area contributed by atoms with Crippen molar-refractivity contribution in [2.45, 2.75) is 32.1 Å². The van der Waals surface area contributed by atoms with Gasteiger partial charge in [-0.1, -0.05) is 12.8 Å². The zero-order chi connectivity index (χ0) is 10.8. The van der Waals surface area contributed by atoms with Gasteiger partial charge in [0.15, 0.2) is 0 Å². The van der Waals surface area contributed by atoms with E-state index in [0.717, 1.165) is 25.7 Å². The van der Waals surface area contributed by atoms with Crippen LogP contribution < -0.4 is 5.32 Å². The Morgan fingerprint density at radius 1 is 1.33 bits per heavy atom. The van der Waals surface area contributed by atoms with Gasteiger partial charge in [-0.25, -0.2) is 0 Å². The molecule has 1 saturated carbocycles. The summed E-state index contributed by atoms with van der Waals surface area (Å²) in [5.74, 6) is -1.37. The molecule has 4 nitrogen and oxygen atoms in total. The number of aliphatic carboxylic acids is 1. The van der Waals surface area contributed by atoms with E-state index in [1.54, 1.807) is 0 Å². The van der Waals surface area contributed by atoms with E-state index in [9.17, 15) is 14.7 Å². The molecule has 0 aromatic carbocycles. The van der Waals surface area contributed by atoms with Gasteiger partial charge in [-0.2, -0.15) is 0 Å². The summed E-state index contributed by atoms with van der Waals surface area (Å²) in [5.41, 5.74) is 0. The van der Waals surface area contributed by atoms with E-state index >= 15 is 0 Å². The summed E-state index contributed by atoms with van der Waals surface area (Å²) < 4.78 is 0. The van der Waals surface area contributed by atoms with Crippen molar-refractivity contribution in [3.8, 4) is 0 Å². The van der Waals surface area contributed by atoms with Gasteiger partial charge in [0.25, 0.3) is 0 Å². The van der Waals surface area contributed by atoms with Gasteiger partial charge in [-0.15, -0.1) is 0 Å². The number of rotatable bonds is 3. The summed E-state index contributed by atoms with van der Waals surface area (Å²) in [4.78, 5) is 22.7. The number of amides is 1. The lowest BCUT2D eigenvalue weighted by Gasteiger charge is -2.23. The monoisotopic (exact) mass is 211 g/mol. The number of nitrogens with one attached hydrogen (secondary N) is 1. The van der Waals surface area contributed by atoms with Crippen molar-refractivity contribution in [3.05, 3.63) is 0 Å². The van der Waals surface area contributed by atoms with Crippen LogP contribution in [0.3, 0.4) is 0 Å². The van der Waals surface area contributed by atoms with Crippen molar-refractivity contribution in [2.24, 2.45) is 17.8 Å². The first-order chi connectivity index (χ1) is 7.20. The van der Waals surface area contributed by atoms with Gasteiger partial charge in [-0.3, -0.25) is 9.59 Å². The first-order valence-electron chi connectivity index (χ1n) is 5.70. The third kappa shape index (κ3) is 1.98. The lowest BCUT2D eigenvalue weighted by molar-refractivity contribution is -0.148. The number of carbonyl (C=O) groups excluding carboxylic acids is 1. The Bertz CT molecular complexity index is 271. The van der Waals surface area contributed by atoms with Crippen molar-refractivity contribution in [1.29, 1.82) is 0 Å². The maximum Gasteiger partial charge on any atom is 0.307 e. The Labute approximate surface area is 89.0 Å². The van der Waals surface area contributed by atoms with Gasteiger partial charge in [0.1, 0.15) is 0 Å². The molecule has 4 heteroatoms. The third-order valence-corrected chi connectivity index (χ3v) is 3.72. The number of carboxylic acid groups (broad SMARTS) is 1. The zero-order valence-corrected chi connectivity index (χ0v) is 8.74. The lowest BCUT2D eigenvalue weighted by atomic mass is 9.79. The van der Waals surface area contributed by atoms with Crippen LogP contribution in [0.2, 0.25) is 0 Å². The van der Waals surface area contributed by atoms with Crippen LogP contribution in [-0.2, 0) is 9.59 Å². The van der Waals surface area contributed by atoms with Gasteiger partial charge in [-0.05, 0) is 25.2 Å². The molecule has 1 aliphatic heterocycles. The smallest absolute Gasteiger partial charge is 0.307 e. The molecule has 84 valence electrons. The predicted molar refractivity (Wildman–Crippen MR) is 54.2 cm³/mol. The van der Waals surface area contributed by atoms with Gasteiger partial charge in [0, 0.05) is 6.54 Å². The molecule has 2 unspecified atom stereocenters. The van der Waals surface area contributed by atoms with Crippen LogP contribution in [0.1, 0.15) is 32.1 Å². The van der Waals surface area contributed by atoms with Gasteiger partial charge < -0.3 is 10.4 Å². The van der Waals surface area contributed by atoms with Crippen molar-refractivity contribution in [1.82, 2.24) is 5.32 Å². The Balaban J connectivity index is 2.11. The highest BCUT2D eigenvalue weighted by Crippen LogP contribution is 2.37. The lowest BCUT2D eigenvalue weighted by Crippen LogP contribution is -2.34. The van der Waals surface area contributed by atoms with Crippen LogP contribution >= 0.6 is 0 Å². The Hall–Kier alpha value is -1.06. The molecule has 0 aromatic heterocycles. The second kappa shape index (κ2) is 4.21. The maximum atomic E-state index is 11.5. The number of hydrogen-bond acceptors (Lipinski definition) is 2. The van der Waals surface area contributed by atoms with E-state index in [4.69, 9.17) is 0 Å². The summed E-state index contributed by atoms with van der Waals surface area (Å²) in [5, 5.41) is 12.0. The van der Waals surface area contributed by atoms with E-state index < -0.39 is 11.9 Å². The zero-order valence-electron chi connectivity index (χ0n) is 8.74. The van der Waals surface area contributed by atoms with Crippen molar-refractivity contribution >= 4 is 11.9 Å². The fraction of sp³-hybridized carbons (Fsp3) is 0.818. The SMILES string of the molecule is O=C1NCCC1C(C(=O)O)C1CCCC1. The topological polar surface area (TPSA) is 66.4 Å². The molecule has 2 N–H and O–H groups in total. The highest BCUT2D eigenvalue weighted by Gasteiger charge is 2.42. The van der Waals surface area contributed by atoms with Crippen molar-refractivity contribution in [2.75, 3.05) is 6.54 Å². The third-order valence-electron chi connectivity index (χ3n) is 3.72. The molecule has 1 saturated heterocycles. The van der Waals surface area contributed by atoms with Gasteiger partial charge >= 0.3 is 5.97 Å². The molecule has 0 spiro atoms. The molecule has 0 aromatic rings. The summed E-state index contributed by atoms with van der Waals surface area (Å²) in [6.45, 7) is 0.639. The minimum absolute atomic E-state index is 0.0608. The molecule has 2 rings (SSSR count). The number of carbonyl (C=O) groups is 2. The predicted octanol–water partition coefficient (Wildman–Crippen LogP) is 1.01. The fourth-order valence-electron chi connectivity index (χ4n) is 2.97.